The van der Waals surface area contributed by atoms with Crippen LogP contribution < -0.4 is 0 Å². The average Bonchev–Trinajstić information content (AvgIpc) is 2.20. The molecule has 0 nitrogen and oxygen atoms in total. The molecule has 15 heavy (non-hydrogen) atoms. The third-order valence-electron chi connectivity index (χ3n) is 2.64. The molecule has 0 aliphatic heterocycles. The highest BCUT2D eigenvalue weighted by molar-refractivity contribution is 9.09. The van der Waals surface area contributed by atoms with E-state index < -0.39 is 0 Å². The van der Waals surface area contributed by atoms with Crippen LogP contribution in [0.3, 0.4) is 0 Å². The van der Waals surface area contributed by atoms with E-state index in [2.05, 4.69) is 35.9 Å². The van der Waals surface area contributed by atoms with Gasteiger partial charge in [-0.2, -0.15) is 0 Å². The Kier molecular flexibility index (Phi) is 12.5. The Balaban J connectivity index is 2.96. The van der Waals surface area contributed by atoms with Crippen LogP contribution in [-0.2, 0) is 0 Å². The van der Waals surface area contributed by atoms with Gasteiger partial charge in [0, 0.05) is 5.33 Å². The second-order valence-corrected chi connectivity index (χ2v) is 5.38. The molecule has 0 amide bonds. The third kappa shape index (κ3) is 14.2. The highest BCUT2D eigenvalue weighted by atomic mass is 79.9. The number of halogens is 1. The topological polar surface area (TPSA) is 0 Å². The molecule has 0 N–H and O–H groups in total. The standard InChI is InChI=1S/C14H27Br/c1-14(2)12-10-8-6-4-3-5-7-9-11-13-15/h12H,3-11,13H2,1-2H3. The normalized spacial score (nSPS) is 10.3. The van der Waals surface area contributed by atoms with Crippen LogP contribution in [0.2, 0.25) is 0 Å². The summed E-state index contributed by atoms with van der Waals surface area (Å²) < 4.78 is 0. The van der Waals surface area contributed by atoms with Crippen molar-refractivity contribution in [3.8, 4) is 0 Å². The minimum Gasteiger partial charge on any atom is -0.0928 e. The summed E-state index contributed by atoms with van der Waals surface area (Å²) in [5.41, 5.74) is 1.46. The summed E-state index contributed by atoms with van der Waals surface area (Å²) in [5.74, 6) is 0. The fourth-order valence-corrected chi connectivity index (χ4v) is 2.09. The fourth-order valence-electron chi connectivity index (χ4n) is 1.69. The van der Waals surface area contributed by atoms with Crippen LogP contribution in [0.1, 0.15) is 71.6 Å². The Morgan fingerprint density at radius 3 is 1.73 bits per heavy atom. The quantitative estimate of drug-likeness (QED) is 0.266. The first-order valence-electron chi connectivity index (χ1n) is 6.46. The minimum absolute atomic E-state index is 1.18. The first-order valence-corrected chi connectivity index (χ1v) is 7.59. The molecule has 90 valence electrons. The summed E-state index contributed by atoms with van der Waals surface area (Å²) >= 11 is 3.47. The SMILES string of the molecule is CC(C)=CCCCCCCCCCCBr. The van der Waals surface area contributed by atoms with Crippen molar-refractivity contribution in [2.45, 2.75) is 71.6 Å². The largest absolute Gasteiger partial charge is 0.0928 e. The van der Waals surface area contributed by atoms with E-state index in [1.165, 1.54) is 68.7 Å². The fraction of sp³-hybridized carbons (Fsp3) is 0.857. The van der Waals surface area contributed by atoms with E-state index in [0.29, 0.717) is 0 Å². The number of hydrogen-bond donors (Lipinski definition) is 0. The number of hydrogen-bond acceptors (Lipinski definition) is 0. The Morgan fingerprint density at radius 1 is 0.800 bits per heavy atom. The molecule has 0 radical (unpaired) electrons. The van der Waals surface area contributed by atoms with Crippen LogP contribution >= 0.6 is 15.9 Å². The number of rotatable bonds is 10. The smallest absolute Gasteiger partial charge is 0.00313 e. The maximum Gasteiger partial charge on any atom is 0.00313 e. The molecule has 0 aromatic heterocycles. The van der Waals surface area contributed by atoms with Crippen LogP contribution in [0.15, 0.2) is 11.6 Å². The molecule has 0 aromatic carbocycles. The van der Waals surface area contributed by atoms with Gasteiger partial charge in [-0.05, 0) is 33.1 Å². The van der Waals surface area contributed by atoms with Gasteiger partial charge in [0.2, 0.25) is 0 Å². The molecule has 0 aromatic rings. The molecule has 0 unspecified atom stereocenters. The van der Waals surface area contributed by atoms with Crippen LogP contribution in [0.5, 0.6) is 0 Å². The van der Waals surface area contributed by atoms with Crippen molar-refractivity contribution in [2.24, 2.45) is 0 Å². The van der Waals surface area contributed by atoms with Crippen molar-refractivity contribution >= 4 is 15.9 Å². The minimum atomic E-state index is 1.18. The van der Waals surface area contributed by atoms with Gasteiger partial charge in [0.15, 0.2) is 0 Å². The number of alkyl halides is 1. The van der Waals surface area contributed by atoms with Gasteiger partial charge in [0.25, 0.3) is 0 Å². The monoisotopic (exact) mass is 274 g/mol. The van der Waals surface area contributed by atoms with E-state index in [1.807, 2.05) is 0 Å². The summed E-state index contributed by atoms with van der Waals surface area (Å²) in [6, 6.07) is 0. The highest BCUT2D eigenvalue weighted by Gasteiger charge is 1.91. The molecule has 0 rings (SSSR count). The van der Waals surface area contributed by atoms with Gasteiger partial charge in [-0.3, -0.25) is 0 Å². The van der Waals surface area contributed by atoms with Gasteiger partial charge in [-0.15, -0.1) is 0 Å². The van der Waals surface area contributed by atoms with E-state index in [1.54, 1.807) is 0 Å². The molecule has 1 heteroatoms. The Bertz CT molecular complexity index is 145. The third-order valence-corrected chi connectivity index (χ3v) is 3.20. The predicted molar refractivity (Wildman–Crippen MR) is 74.8 cm³/mol. The number of unbranched alkanes of at least 4 members (excludes halogenated alkanes) is 8. The van der Waals surface area contributed by atoms with Crippen molar-refractivity contribution in [2.75, 3.05) is 5.33 Å². The average molecular weight is 275 g/mol. The van der Waals surface area contributed by atoms with E-state index in [0.717, 1.165) is 0 Å². The zero-order chi connectivity index (χ0) is 11.4. The maximum atomic E-state index is 3.47. The number of allylic oxidation sites excluding steroid dienone is 2. The molecule has 0 saturated carbocycles. The summed E-state index contributed by atoms with van der Waals surface area (Å²) in [4.78, 5) is 0. The van der Waals surface area contributed by atoms with Gasteiger partial charge in [-0.25, -0.2) is 0 Å². The summed E-state index contributed by atoms with van der Waals surface area (Å²) in [7, 11) is 0. The molecule has 0 spiro atoms. The molecule has 0 aliphatic rings. The first-order chi connectivity index (χ1) is 7.27. The van der Waals surface area contributed by atoms with Crippen molar-refractivity contribution in [1.82, 2.24) is 0 Å². The lowest BCUT2D eigenvalue weighted by molar-refractivity contribution is 0.579. The van der Waals surface area contributed by atoms with Crippen LogP contribution in [0, 0.1) is 0 Å². The van der Waals surface area contributed by atoms with Gasteiger partial charge >= 0.3 is 0 Å². The van der Waals surface area contributed by atoms with E-state index >= 15 is 0 Å². The van der Waals surface area contributed by atoms with Gasteiger partial charge in [0.05, 0.1) is 0 Å². The summed E-state index contributed by atoms with van der Waals surface area (Å²) in [6.07, 6.45) is 14.9. The van der Waals surface area contributed by atoms with Crippen LogP contribution in [0.25, 0.3) is 0 Å². The summed E-state index contributed by atoms with van der Waals surface area (Å²) in [5, 5.41) is 1.18. The molecule has 0 fully saturated rings. The van der Waals surface area contributed by atoms with Gasteiger partial charge in [-0.1, -0.05) is 66.1 Å². The highest BCUT2D eigenvalue weighted by Crippen LogP contribution is 2.10. The second-order valence-electron chi connectivity index (χ2n) is 4.59. The lowest BCUT2D eigenvalue weighted by Gasteiger charge is -2.00. The summed E-state index contributed by atoms with van der Waals surface area (Å²) in [6.45, 7) is 4.37. The van der Waals surface area contributed by atoms with Crippen LogP contribution in [-0.4, -0.2) is 5.33 Å². The zero-order valence-electron chi connectivity index (χ0n) is 10.5. The van der Waals surface area contributed by atoms with Gasteiger partial charge < -0.3 is 0 Å². The Hall–Kier alpha value is 0.220. The molecular formula is C14H27Br. The van der Waals surface area contributed by atoms with Crippen molar-refractivity contribution < 1.29 is 0 Å². The van der Waals surface area contributed by atoms with E-state index in [-0.39, 0.29) is 0 Å². The Labute approximate surface area is 105 Å². The van der Waals surface area contributed by atoms with Crippen molar-refractivity contribution in [3.63, 3.8) is 0 Å². The predicted octanol–water partition coefficient (Wildman–Crippen LogP) is 5.86. The maximum absolute atomic E-state index is 3.47. The second kappa shape index (κ2) is 12.3. The molecule has 0 heterocycles. The van der Waals surface area contributed by atoms with E-state index in [4.69, 9.17) is 0 Å². The van der Waals surface area contributed by atoms with Gasteiger partial charge in [0.1, 0.15) is 0 Å². The van der Waals surface area contributed by atoms with E-state index in [9.17, 15) is 0 Å². The van der Waals surface area contributed by atoms with Crippen molar-refractivity contribution in [3.05, 3.63) is 11.6 Å². The zero-order valence-corrected chi connectivity index (χ0v) is 12.1. The lowest BCUT2D eigenvalue weighted by Crippen LogP contribution is -1.81. The molecule has 0 saturated heterocycles. The molecule has 0 bridgehead atoms. The molecular weight excluding hydrogens is 248 g/mol. The molecule has 0 atom stereocenters. The van der Waals surface area contributed by atoms with Crippen molar-refractivity contribution in [1.29, 1.82) is 0 Å². The lowest BCUT2D eigenvalue weighted by atomic mass is 10.1. The first kappa shape index (κ1) is 15.2. The Morgan fingerprint density at radius 2 is 1.27 bits per heavy atom. The van der Waals surface area contributed by atoms with Crippen LogP contribution in [0.4, 0.5) is 0 Å². The molecule has 0 aliphatic carbocycles.